The van der Waals surface area contributed by atoms with Crippen molar-refractivity contribution < 1.29 is 0 Å². The fourth-order valence-electron chi connectivity index (χ4n) is 5.97. The van der Waals surface area contributed by atoms with Crippen LogP contribution in [0.4, 0.5) is 0 Å². The molecule has 0 aliphatic carbocycles. The van der Waals surface area contributed by atoms with Crippen molar-refractivity contribution >= 4 is 37.9 Å². The molecule has 0 fully saturated rings. The quantitative estimate of drug-likeness (QED) is 0.102. The summed E-state index contributed by atoms with van der Waals surface area (Å²) in [6.45, 7) is 2.27. The van der Waals surface area contributed by atoms with Crippen molar-refractivity contribution in [3.8, 4) is 0 Å². The molecule has 0 saturated heterocycles. The lowest BCUT2D eigenvalue weighted by Gasteiger charge is -2.19. The van der Waals surface area contributed by atoms with E-state index in [1.54, 1.807) is 0 Å². The Labute approximate surface area is 292 Å². The highest BCUT2D eigenvalue weighted by atomic mass is 32.1. The maximum Gasteiger partial charge on any atom is 0.188 e. The molecule has 47 heavy (non-hydrogen) atoms. The molecule has 3 aromatic heterocycles. The van der Waals surface area contributed by atoms with Crippen molar-refractivity contribution in [1.82, 2.24) is 44.3 Å². The molecule has 3 heterocycles. The fraction of sp³-hybridized carbons (Fsp3) is 0.314. The van der Waals surface area contributed by atoms with E-state index >= 15 is 0 Å². The Morgan fingerprint density at radius 2 is 0.787 bits per heavy atom. The van der Waals surface area contributed by atoms with Crippen LogP contribution in [0.5, 0.6) is 0 Å². The lowest BCUT2D eigenvalue weighted by molar-refractivity contribution is 0.476. The summed E-state index contributed by atoms with van der Waals surface area (Å²) in [5, 5.41) is 28.7. The van der Waals surface area contributed by atoms with E-state index in [2.05, 4.69) is 142 Å². The van der Waals surface area contributed by atoms with Crippen LogP contribution < -0.4 is 0 Å². The number of rotatable bonds is 16. The second-order valence-corrected chi connectivity index (χ2v) is 12.8. The molecule has 9 nitrogen and oxygen atoms in total. The second kappa shape index (κ2) is 16.3. The van der Waals surface area contributed by atoms with E-state index in [1.807, 2.05) is 18.2 Å². The molecule has 0 aliphatic rings. The molecule has 6 aromatic rings. The zero-order chi connectivity index (χ0) is 32.4. The molecule has 0 unspecified atom stereocenters. The van der Waals surface area contributed by atoms with Gasteiger partial charge in [0.15, 0.2) is 15.5 Å². The summed E-state index contributed by atoms with van der Waals surface area (Å²) in [6.07, 6.45) is 5.67. The van der Waals surface area contributed by atoms with Crippen molar-refractivity contribution in [3.63, 3.8) is 0 Å². The Bertz CT molecular complexity index is 1740. The molecule has 0 atom stereocenters. The molecule has 0 N–H and O–H groups in total. The van der Waals surface area contributed by atoms with Crippen LogP contribution in [0.1, 0.15) is 52.9 Å². The van der Waals surface area contributed by atoms with E-state index in [0.29, 0.717) is 15.5 Å². The topological polar surface area (TPSA) is 92.1 Å². The Morgan fingerprint density at radius 3 is 1.21 bits per heavy atom. The molecule has 0 radical (unpaired) electrons. The molecule has 242 valence electrons. The number of aryl methyl sites for hydroxylation is 5. The van der Waals surface area contributed by atoms with Gasteiger partial charge in [-0.3, -0.25) is 0 Å². The summed E-state index contributed by atoms with van der Waals surface area (Å²) in [5.41, 5.74) is 3.80. The van der Waals surface area contributed by atoms with E-state index in [4.69, 9.17) is 12.6 Å². The third-order valence-electron chi connectivity index (χ3n) is 8.57. The molecule has 3 aromatic carbocycles. The first-order valence-electron chi connectivity index (χ1n) is 16.0. The lowest BCUT2D eigenvalue weighted by atomic mass is 9.95. The second-order valence-electron chi connectivity index (χ2n) is 11.6. The first kappa shape index (κ1) is 33.0. The summed E-state index contributed by atoms with van der Waals surface area (Å²) in [4.78, 5) is 0. The van der Waals surface area contributed by atoms with E-state index in [1.165, 1.54) is 16.7 Å². The van der Waals surface area contributed by atoms with Gasteiger partial charge < -0.3 is 13.7 Å². The number of nitrogens with zero attached hydrogens (tertiary/aromatic N) is 9. The minimum Gasteiger partial charge on any atom is -0.306 e. The minimum absolute atomic E-state index is 0.0736. The zero-order valence-corrected chi connectivity index (χ0v) is 28.9. The van der Waals surface area contributed by atoms with Crippen LogP contribution in [0.15, 0.2) is 106 Å². The Balaban J connectivity index is 1.21. The van der Waals surface area contributed by atoms with Crippen LogP contribution in [0.25, 0.3) is 0 Å². The maximum atomic E-state index is 4.72. The number of aromatic nitrogens is 9. The molecular formula is C35H39N9S3. The highest BCUT2D eigenvalue weighted by Gasteiger charge is 2.23. The molecule has 0 spiro atoms. The molecule has 0 aliphatic heterocycles. The zero-order valence-electron chi connectivity index (χ0n) is 26.2. The molecule has 0 bridgehead atoms. The highest BCUT2D eigenvalue weighted by molar-refractivity contribution is 7.80. The molecule has 12 heteroatoms. The predicted molar refractivity (Wildman–Crippen MR) is 192 cm³/mol. The lowest BCUT2D eigenvalue weighted by Crippen LogP contribution is -2.16. The van der Waals surface area contributed by atoms with E-state index in [-0.39, 0.29) is 5.92 Å². The van der Waals surface area contributed by atoms with Crippen LogP contribution >= 0.6 is 37.9 Å². The van der Waals surface area contributed by atoms with Gasteiger partial charge in [0.05, 0.1) is 0 Å². The van der Waals surface area contributed by atoms with Crippen LogP contribution in [0.2, 0.25) is 0 Å². The summed E-state index contributed by atoms with van der Waals surface area (Å²) in [6, 6.07) is 31.4. The van der Waals surface area contributed by atoms with E-state index < -0.39 is 0 Å². The van der Waals surface area contributed by atoms with Gasteiger partial charge in [-0.05, 0) is 48.8 Å². The van der Waals surface area contributed by atoms with Gasteiger partial charge in [-0.25, -0.2) is 0 Å². The third kappa shape index (κ3) is 8.74. The smallest absolute Gasteiger partial charge is 0.188 e. The standard InChI is InChI=1S/C35H39N9S3/c45-33-39-36-30(42(33)23-20-26-10-4-1-5-11-26)18-16-29(32-38-41-35(47)44(32)25-22-28-14-8-3-9-15-28)17-19-31-37-40-34(46)43(31)24-21-27-12-6-2-7-13-27/h1-15,29H,16-25H2,(H,39,45)(H,40,46)(H,41,47). The van der Waals surface area contributed by atoms with Gasteiger partial charge in [-0.1, -0.05) is 91.0 Å². The fourth-order valence-corrected chi connectivity index (χ4v) is 6.74. The summed E-state index contributed by atoms with van der Waals surface area (Å²) < 4.78 is 6.38. The van der Waals surface area contributed by atoms with Gasteiger partial charge in [0.1, 0.15) is 17.5 Å². The van der Waals surface area contributed by atoms with Gasteiger partial charge >= 0.3 is 0 Å². The maximum absolute atomic E-state index is 4.72. The number of hydrogen-bond donors (Lipinski definition) is 3. The Morgan fingerprint density at radius 1 is 0.426 bits per heavy atom. The number of benzene rings is 3. The first-order chi connectivity index (χ1) is 23.0. The van der Waals surface area contributed by atoms with Gasteiger partial charge in [0, 0.05) is 38.4 Å². The van der Waals surface area contributed by atoms with Gasteiger partial charge in [-0.15, -0.1) is 68.5 Å². The van der Waals surface area contributed by atoms with Crippen molar-refractivity contribution in [1.29, 1.82) is 0 Å². The predicted octanol–water partition coefficient (Wildman–Crippen LogP) is 6.40. The number of hydrogen-bond acceptors (Lipinski definition) is 9. The van der Waals surface area contributed by atoms with Crippen molar-refractivity contribution in [2.45, 2.75) is 86.0 Å². The van der Waals surface area contributed by atoms with E-state index in [9.17, 15) is 0 Å². The van der Waals surface area contributed by atoms with Crippen molar-refractivity contribution in [2.24, 2.45) is 0 Å². The molecule has 6 rings (SSSR count). The highest BCUT2D eigenvalue weighted by Crippen LogP contribution is 2.28. The SMILES string of the molecule is Sc1nnc(CCC(CCc2nnc(S)n2CCc2ccccc2)c2nnc(S)n2CCc2ccccc2)n1CCc1ccccc1. The third-order valence-corrected chi connectivity index (χ3v) is 9.57. The minimum atomic E-state index is 0.0736. The number of thiol groups is 3. The molecule has 0 amide bonds. The average Bonchev–Trinajstić information content (AvgIpc) is 3.78. The summed E-state index contributed by atoms with van der Waals surface area (Å²) in [5.74, 6) is 2.83. The van der Waals surface area contributed by atoms with Crippen LogP contribution in [0.3, 0.4) is 0 Å². The van der Waals surface area contributed by atoms with Gasteiger partial charge in [0.2, 0.25) is 0 Å². The Kier molecular flexibility index (Phi) is 11.5. The largest absolute Gasteiger partial charge is 0.306 e. The normalized spacial score (nSPS) is 11.5. The summed E-state index contributed by atoms with van der Waals surface area (Å²) >= 11 is 14.0. The van der Waals surface area contributed by atoms with Crippen molar-refractivity contribution in [2.75, 3.05) is 0 Å². The molecule has 0 saturated carbocycles. The van der Waals surface area contributed by atoms with E-state index in [0.717, 1.165) is 82.1 Å². The van der Waals surface area contributed by atoms with Crippen LogP contribution in [-0.2, 0) is 51.7 Å². The van der Waals surface area contributed by atoms with Gasteiger partial charge in [0.25, 0.3) is 0 Å². The molecular weight excluding hydrogens is 643 g/mol. The van der Waals surface area contributed by atoms with Crippen LogP contribution in [-0.4, -0.2) is 44.3 Å². The van der Waals surface area contributed by atoms with Crippen LogP contribution in [0, 0.1) is 0 Å². The monoisotopic (exact) mass is 681 g/mol. The first-order valence-corrected chi connectivity index (χ1v) is 17.3. The van der Waals surface area contributed by atoms with Gasteiger partial charge in [-0.2, -0.15) is 0 Å². The average molecular weight is 682 g/mol. The Hall–Kier alpha value is -3.87. The summed E-state index contributed by atoms with van der Waals surface area (Å²) in [7, 11) is 0. The van der Waals surface area contributed by atoms with Crippen molar-refractivity contribution in [3.05, 3.63) is 125 Å².